The molecule has 0 saturated carbocycles. The van der Waals surface area contributed by atoms with Crippen molar-refractivity contribution >= 4 is 22.6 Å². The number of nitrogens with zero attached hydrogens (tertiary/aromatic N) is 3. The van der Waals surface area contributed by atoms with Crippen LogP contribution in [0.1, 0.15) is 22.8 Å². The molecular weight excluding hydrogens is 348 g/mol. The summed E-state index contributed by atoms with van der Waals surface area (Å²) in [4.78, 5) is 50.0. The number of anilines is 1. The number of benzene rings is 1. The molecule has 3 aromatic rings. The van der Waals surface area contributed by atoms with Gasteiger partial charge in [-0.05, 0) is 24.1 Å². The van der Waals surface area contributed by atoms with Crippen LogP contribution in [0.3, 0.4) is 0 Å². The average molecular weight is 368 g/mol. The highest BCUT2D eigenvalue weighted by atomic mass is 16.2. The van der Waals surface area contributed by atoms with Gasteiger partial charge in [0, 0.05) is 32.9 Å². The van der Waals surface area contributed by atoms with Gasteiger partial charge in [0.25, 0.3) is 17.0 Å². The maximum atomic E-state index is 12.8. The number of carbonyl (C=O) groups is 1. The Bertz CT molecular complexity index is 1230. The molecule has 0 radical (unpaired) electrons. The highest BCUT2D eigenvalue weighted by Crippen LogP contribution is 2.15. The molecule has 0 aliphatic heterocycles. The fraction of sp³-hybridized carbons (Fsp3) is 0.263. The maximum absolute atomic E-state index is 12.8. The molecular formula is C19H20N4O4. The summed E-state index contributed by atoms with van der Waals surface area (Å²) >= 11 is 0. The van der Waals surface area contributed by atoms with E-state index in [-0.39, 0.29) is 16.6 Å². The van der Waals surface area contributed by atoms with E-state index < -0.39 is 22.7 Å². The molecule has 0 fully saturated rings. The number of aromatic nitrogens is 3. The molecule has 0 aliphatic carbocycles. The summed E-state index contributed by atoms with van der Waals surface area (Å²) in [6.07, 6.45) is 0.873. The topological polar surface area (TPSA) is 95.1 Å². The Morgan fingerprint density at radius 1 is 0.963 bits per heavy atom. The van der Waals surface area contributed by atoms with Crippen LogP contribution in [-0.4, -0.2) is 19.6 Å². The molecule has 0 saturated heterocycles. The number of hydrogen-bond donors (Lipinski definition) is 1. The number of nitrogens with one attached hydrogen (secondary N) is 1. The van der Waals surface area contributed by atoms with Crippen molar-refractivity contribution in [2.45, 2.75) is 13.3 Å². The Labute approximate surface area is 154 Å². The van der Waals surface area contributed by atoms with Gasteiger partial charge in [-0.3, -0.25) is 28.1 Å². The third-order valence-electron chi connectivity index (χ3n) is 4.68. The maximum Gasteiger partial charge on any atom is 0.332 e. The van der Waals surface area contributed by atoms with Crippen LogP contribution in [0.25, 0.3) is 11.0 Å². The molecule has 0 spiro atoms. The molecule has 3 rings (SSSR count). The second kappa shape index (κ2) is 6.71. The zero-order valence-corrected chi connectivity index (χ0v) is 15.6. The van der Waals surface area contributed by atoms with Crippen LogP contribution in [0.15, 0.2) is 44.7 Å². The fourth-order valence-electron chi connectivity index (χ4n) is 3.06. The average Bonchev–Trinajstić information content (AvgIpc) is 2.66. The van der Waals surface area contributed by atoms with Gasteiger partial charge in [0.2, 0.25) is 0 Å². The second-order valence-electron chi connectivity index (χ2n) is 6.36. The smallest absolute Gasteiger partial charge is 0.322 e. The van der Waals surface area contributed by atoms with Gasteiger partial charge >= 0.3 is 5.69 Å². The number of carbonyl (C=O) groups excluding carboxylic acids is 1. The Morgan fingerprint density at radius 3 is 2.19 bits per heavy atom. The molecule has 1 amide bonds. The Hall–Kier alpha value is -3.42. The quantitative estimate of drug-likeness (QED) is 0.738. The molecule has 1 aromatic carbocycles. The molecule has 0 bridgehead atoms. The van der Waals surface area contributed by atoms with E-state index in [1.54, 1.807) is 12.1 Å². The highest BCUT2D eigenvalue weighted by molar-refractivity contribution is 6.11. The molecule has 0 atom stereocenters. The van der Waals surface area contributed by atoms with Crippen molar-refractivity contribution in [3.05, 3.63) is 72.7 Å². The summed E-state index contributed by atoms with van der Waals surface area (Å²) in [5, 5.41) is 2.72. The van der Waals surface area contributed by atoms with Crippen molar-refractivity contribution in [3.8, 4) is 0 Å². The van der Waals surface area contributed by atoms with E-state index in [2.05, 4.69) is 5.32 Å². The van der Waals surface area contributed by atoms with Crippen molar-refractivity contribution in [2.24, 2.45) is 21.1 Å². The van der Waals surface area contributed by atoms with E-state index in [9.17, 15) is 19.2 Å². The summed E-state index contributed by atoms with van der Waals surface area (Å²) in [5.74, 6) is -0.585. The van der Waals surface area contributed by atoms with Crippen LogP contribution >= 0.6 is 0 Å². The minimum absolute atomic E-state index is 0.0179. The van der Waals surface area contributed by atoms with Crippen molar-refractivity contribution in [2.75, 3.05) is 5.32 Å². The summed E-state index contributed by atoms with van der Waals surface area (Å²) < 4.78 is 3.29. The molecule has 2 heterocycles. The second-order valence-corrected chi connectivity index (χ2v) is 6.36. The van der Waals surface area contributed by atoms with Crippen molar-refractivity contribution in [1.29, 1.82) is 0 Å². The minimum Gasteiger partial charge on any atom is -0.322 e. The van der Waals surface area contributed by atoms with Gasteiger partial charge in [-0.2, -0.15) is 0 Å². The zero-order valence-electron chi connectivity index (χ0n) is 15.6. The summed E-state index contributed by atoms with van der Waals surface area (Å²) in [6.45, 7) is 2.03. The normalized spacial score (nSPS) is 11.0. The van der Waals surface area contributed by atoms with Crippen LogP contribution < -0.4 is 22.1 Å². The molecule has 140 valence electrons. The van der Waals surface area contributed by atoms with Gasteiger partial charge in [0.05, 0.1) is 10.9 Å². The fourth-order valence-corrected chi connectivity index (χ4v) is 3.06. The monoisotopic (exact) mass is 368 g/mol. The van der Waals surface area contributed by atoms with Crippen LogP contribution in [0.2, 0.25) is 0 Å². The first-order valence-electron chi connectivity index (χ1n) is 8.46. The van der Waals surface area contributed by atoms with E-state index >= 15 is 0 Å². The van der Waals surface area contributed by atoms with E-state index in [0.29, 0.717) is 5.69 Å². The van der Waals surface area contributed by atoms with Crippen molar-refractivity contribution in [1.82, 2.24) is 13.7 Å². The highest BCUT2D eigenvalue weighted by Gasteiger charge is 2.20. The lowest BCUT2D eigenvalue weighted by atomic mass is 10.1. The minimum atomic E-state index is -0.629. The summed E-state index contributed by atoms with van der Waals surface area (Å²) in [6, 6.07) is 8.41. The van der Waals surface area contributed by atoms with Crippen LogP contribution in [0.5, 0.6) is 0 Å². The third-order valence-corrected chi connectivity index (χ3v) is 4.68. The van der Waals surface area contributed by atoms with Gasteiger partial charge in [-0.15, -0.1) is 0 Å². The summed E-state index contributed by atoms with van der Waals surface area (Å²) in [5.41, 5.74) is 0.0112. The standard InChI is InChI=1S/C19H20N4O4/c1-5-11-6-8-12(9-7-11)20-16(25)13-10-14(24)21(2)17-15(13)18(26)23(4)19(27)22(17)3/h6-10H,5H2,1-4H3,(H,20,25). The van der Waals surface area contributed by atoms with Crippen LogP contribution in [0.4, 0.5) is 5.69 Å². The van der Waals surface area contributed by atoms with E-state index in [1.165, 1.54) is 30.3 Å². The van der Waals surface area contributed by atoms with E-state index in [1.807, 2.05) is 19.1 Å². The number of rotatable bonds is 3. The molecule has 8 nitrogen and oxygen atoms in total. The first-order chi connectivity index (χ1) is 12.8. The largest absolute Gasteiger partial charge is 0.332 e. The SMILES string of the molecule is CCc1ccc(NC(=O)c2cc(=O)n(C)c3c2c(=O)n(C)c(=O)n3C)cc1. The zero-order chi connectivity index (χ0) is 19.9. The van der Waals surface area contributed by atoms with Gasteiger partial charge in [0.15, 0.2) is 0 Å². The van der Waals surface area contributed by atoms with E-state index in [0.717, 1.165) is 22.6 Å². The Kier molecular flexibility index (Phi) is 4.57. The predicted molar refractivity (Wildman–Crippen MR) is 103 cm³/mol. The first kappa shape index (κ1) is 18.4. The Morgan fingerprint density at radius 2 is 1.59 bits per heavy atom. The van der Waals surface area contributed by atoms with E-state index in [4.69, 9.17) is 0 Å². The van der Waals surface area contributed by atoms with Gasteiger partial charge in [-0.25, -0.2) is 4.79 Å². The Balaban J connectivity index is 2.23. The molecule has 0 unspecified atom stereocenters. The van der Waals surface area contributed by atoms with Gasteiger partial charge in [0.1, 0.15) is 5.65 Å². The lowest BCUT2D eigenvalue weighted by molar-refractivity contribution is 0.102. The summed E-state index contributed by atoms with van der Waals surface area (Å²) in [7, 11) is 4.24. The number of amides is 1. The number of fused-ring (bicyclic) bond motifs is 1. The predicted octanol–water partition coefficient (Wildman–Crippen LogP) is 0.751. The molecule has 8 heteroatoms. The third kappa shape index (κ3) is 2.99. The van der Waals surface area contributed by atoms with Gasteiger partial charge in [-0.1, -0.05) is 19.1 Å². The number of aryl methyl sites for hydroxylation is 3. The molecule has 27 heavy (non-hydrogen) atoms. The van der Waals surface area contributed by atoms with Crippen LogP contribution in [0, 0.1) is 0 Å². The lowest BCUT2D eigenvalue weighted by Crippen LogP contribution is -2.40. The molecule has 2 aromatic heterocycles. The molecule has 0 aliphatic rings. The lowest BCUT2D eigenvalue weighted by Gasteiger charge is -2.14. The number of pyridine rings is 1. The number of hydrogen-bond acceptors (Lipinski definition) is 4. The van der Waals surface area contributed by atoms with Crippen molar-refractivity contribution in [3.63, 3.8) is 0 Å². The molecule has 1 N–H and O–H groups in total. The van der Waals surface area contributed by atoms with Crippen LogP contribution in [-0.2, 0) is 27.6 Å². The van der Waals surface area contributed by atoms with Crippen molar-refractivity contribution < 1.29 is 4.79 Å². The first-order valence-corrected chi connectivity index (χ1v) is 8.46. The van der Waals surface area contributed by atoms with Gasteiger partial charge < -0.3 is 5.32 Å².